The van der Waals surface area contributed by atoms with Crippen molar-refractivity contribution in [2.24, 2.45) is 0 Å². The van der Waals surface area contributed by atoms with Crippen LogP contribution in [0.4, 0.5) is 0 Å². The Bertz CT molecular complexity index is 667. The van der Waals surface area contributed by atoms with E-state index in [0.717, 1.165) is 39.6 Å². The highest BCUT2D eigenvalue weighted by Crippen LogP contribution is 2.52. The van der Waals surface area contributed by atoms with Gasteiger partial charge in [0, 0.05) is 26.6 Å². The van der Waals surface area contributed by atoms with Crippen molar-refractivity contribution in [3.63, 3.8) is 0 Å². The fraction of sp³-hybridized carbons (Fsp3) is 0.263. The molecule has 1 aliphatic rings. The largest absolute Gasteiger partial charge is 0.0904 e. The van der Waals surface area contributed by atoms with E-state index < -0.39 is 0 Å². The quantitative estimate of drug-likeness (QED) is 0.595. The molecule has 2 heteroatoms. The van der Waals surface area contributed by atoms with Crippen LogP contribution in [0.2, 0.25) is 10.0 Å². The van der Waals surface area contributed by atoms with Crippen LogP contribution in [-0.2, 0) is 5.41 Å². The minimum Gasteiger partial charge on any atom is -0.0904 e. The first-order chi connectivity index (χ1) is 10.1. The predicted molar refractivity (Wildman–Crippen MR) is 92.4 cm³/mol. The van der Waals surface area contributed by atoms with Gasteiger partial charge in [0.1, 0.15) is 0 Å². The molecule has 0 amide bonds. The monoisotopic (exact) mass is 316 g/mol. The molecule has 0 saturated carbocycles. The second-order valence-corrected chi connectivity index (χ2v) is 6.41. The maximum absolute atomic E-state index is 6.49. The topological polar surface area (TPSA) is 0 Å². The van der Waals surface area contributed by atoms with Crippen molar-refractivity contribution in [2.45, 2.75) is 32.1 Å². The molecule has 0 aromatic heterocycles. The normalized spacial score (nSPS) is 15.5. The highest BCUT2D eigenvalue weighted by molar-refractivity contribution is 6.35. The third-order valence-corrected chi connectivity index (χ3v) is 5.50. The van der Waals surface area contributed by atoms with Gasteiger partial charge in [-0.1, -0.05) is 67.9 Å². The zero-order valence-electron chi connectivity index (χ0n) is 12.3. The predicted octanol–water partition coefficient (Wildman–Crippen LogP) is 6.47. The first-order valence-corrected chi connectivity index (χ1v) is 8.10. The van der Waals surface area contributed by atoms with E-state index in [9.17, 15) is 0 Å². The standard InChI is InChI=1S/C19H18Cl2/c1-4-19(5-2)13-8-6-10-15(20)17(13)12(3)18-14(19)9-7-11-16(18)21/h6-11H,3-5H2,1-2H3. The lowest BCUT2D eigenvalue weighted by molar-refractivity contribution is 0.472. The molecule has 0 unspecified atom stereocenters. The molecule has 0 atom stereocenters. The summed E-state index contributed by atoms with van der Waals surface area (Å²) < 4.78 is 0. The number of halogens is 2. The van der Waals surface area contributed by atoms with Gasteiger partial charge in [0.25, 0.3) is 0 Å². The molecule has 0 saturated heterocycles. The van der Waals surface area contributed by atoms with Crippen LogP contribution in [0.1, 0.15) is 48.9 Å². The fourth-order valence-electron chi connectivity index (χ4n) is 3.74. The molecule has 0 fully saturated rings. The van der Waals surface area contributed by atoms with Gasteiger partial charge in [-0.05, 0) is 41.7 Å². The molecule has 21 heavy (non-hydrogen) atoms. The molecular formula is C19H18Cl2. The van der Waals surface area contributed by atoms with Crippen LogP contribution in [0.25, 0.3) is 5.57 Å². The number of benzene rings is 2. The Morgan fingerprint density at radius 2 is 1.29 bits per heavy atom. The van der Waals surface area contributed by atoms with Crippen molar-refractivity contribution in [1.29, 1.82) is 0 Å². The van der Waals surface area contributed by atoms with Crippen LogP contribution in [0.3, 0.4) is 0 Å². The summed E-state index contributed by atoms with van der Waals surface area (Å²) in [6.45, 7) is 8.74. The number of rotatable bonds is 2. The van der Waals surface area contributed by atoms with E-state index in [1.165, 1.54) is 11.1 Å². The molecule has 0 bridgehead atoms. The lowest BCUT2D eigenvalue weighted by Crippen LogP contribution is -2.32. The molecular weight excluding hydrogens is 299 g/mol. The van der Waals surface area contributed by atoms with E-state index in [-0.39, 0.29) is 5.41 Å². The van der Waals surface area contributed by atoms with Crippen LogP contribution >= 0.6 is 23.2 Å². The molecule has 1 aliphatic carbocycles. The van der Waals surface area contributed by atoms with Gasteiger partial charge in [-0.25, -0.2) is 0 Å². The smallest absolute Gasteiger partial charge is 0.0487 e. The van der Waals surface area contributed by atoms with Crippen LogP contribution in [-0.4, -0.2) is 0 Å². The van der Waals surface area contributed by atoms with Gasteiger partial charge in [-0.2, -0.15) is 0 Å². The average molecular weight is 317 g/mol. The van der Waals surface area contributed by atoms with E-state index in [4.69, 9.17) is 23.2 Å². The Hall–Kier alpha value is -1.24. The molecule has 0 N–H and O–H groups in total. The fourth-order valence-corrected chi connectivity index (χ4v) is 4.32. The summed E-state index contributed by atoms with van der Waals surface area (Å²) in [6.07, 6.45) is 2.02. The van der Waals surface area contributed by atoms with Crippen molar-refractivity contribution in [1.82, 2.24) is 0 Å². The van der Waals surface area contributed by atoms with E-state index >= 15 is 0 Å². The average Bonchev–Trinajstić information content (AvgIpc) is 2.48. The lowest BCUT2D eigenvalue weighted by Gasteiger charge is -2.41. The first kappa shape index (κ1) is 14.7. The van der Waals surface area contributed by atoms with Crippen molar-refractivity contribution in [2.75, 3.05) is 0 Å². The highest BCUT2D eigenvalue weighted by Gasteiger charge is 2.40. The Labute approximate surface area is 136 Å². The second kappa shape index (κ2) is 5.19. The summed E-state index contributed by atoms with van der Waals surface area (Å²) in [7, 11) is 0. The van der Waals surface area contributed by atoms with E-state index in [1.807, 2.05) is 24.3 Å². The van der Waals surface area contributed by atoms with Crippen molar-refractivity contribution in [3.8, 4) is 0 Å². The lowest BCUT2D eigenvalue weighted by atomic mass is 9.62. The zero-order chi connectivity index (χ0) is 15.2. The number of hydrogen-bond acceptors (Lipinski definition) is 0. The van der Waals surface area contributed by atoms with E-state index in [0.29, 0.717) is 0 Å². The third-order valence-electron chi connectivity index (χ3n) is 4.87. The van der Waals surface area contributed by atoms with Gasteiger partial charge in [-0.15, -0.1) is 0 Å². The van der Waals surface area contributed by atoms with Crippen molar-refractivity contribution in [3.05, 3.63) is 75.3 Å². The molecule has 0 heterocycles. The molecule has 0 nitrogen and oxygen atoms in total. The summed E-state index contributed by atoms with van der Waals surface area (Å²) in [5.74, 6) is 0. The van der Waals surface area contributed by atoms with Gasteiger partial charge in [0.15, 0.2) is 0 Å². The van der Waals surface area contributed by atoms with Gasteiger partial charge < -0.3 is 0 Å². The Morgan fingerprint density at radius 1 is 0.857 bits per heavy atom. The minimum atomic E-state index is -0.0400. The van der Waals surface area contributed by atoms with Crippen molar-refractivity contribution >= 4 is 28.8 Å². The summed E-state index contributed by atoms with van der Waals surface area (Å²) >= 11 is 13.0. The van der Waals surface area contributed by atoms with Gasteiger partial charge in [-0.3, -0.25) is 0 Å². The van der Waals surface area contributed by atoms with E-state index in [1.54, 1.807) is 0 Å². The molecule has 108 valence electrons. The van der Waals surface area contributed by atoms with Crippen molar-refractivity contribution < 1.29 is 0 Å². The Kier molecular flexibility index (Phi) is 3.63. The zero-order valence-corrected chi connectivity index (χ0v) is 13.9. The molecule has 2 aromatic carbocycles. The summed E-state index contributed by atoms with van der Waals surface area (Å²) in [5, 5.41) is 1.52. The SMILES string of the molecule is C=C1c2c(Cl)cccc2C(CC)(CC)c2cccc(Cl)c21. The summed E-state index contributed by atoms with van der Waals surface area (Å²) in [6, 6.07) is 12.3. The minimum absolute atomic E-state index is 0.0400. The van der Waals surface area contributed by atoms with Crippen LogP contribution in [0.15, 0.2) is 43.0 Å². The summed E-state index contributed by atoms with van der Waals surface area (Å²) in [4.78, 5) is 0. The van der Waals surface area contributed by atoms with Gasteiger partial charge >= 0.3 is 0 Å². The summed E-state index contributed by atoms with van der Waals surface area (Å²) in [5.41, 5.74) is 5.57. The molecule has 2 aromatic rings. The van der Waals surface area contributed by atoms with Crippen LogP contribution < -0.4 is 0 Å². The Balaban J connectivity index is 2.46. The molecule has 0 radical (unpaired) electrons. The maximum Gasteiger partial charge on any atom is 0.0487 e. The first-order valence-electron chi connectivity index (χ1n) is 7.34. The van der Waals surface area contributed by atoms with Gasteiger partial charge in [0.2, 0.25) is 0 Å². The molecule has 0 aliphatic heterocycles. The highest BCUT2D eigenvalue weighted by atomic mass is 35.5. The second-order valence-electron chi connectivity index (χ2n) is 5.59. The molecule has 0 spiro atoms. The number of fused-ring (bicyclic) bond motifs is 2. The third kappa shape index (κ3) is 1.89. The number of hydrogen-bond donors (Lipinski definition) is 0. The van der Waals surface area contributed by atoms with E-state index in [2.05, 4.69) is 32.6 Å². The molecule has 3 rings (SSSR count). The van der Waals surface area contributed by atoms with Crippen LogP contribution in [0, 0.1) is 0 Å². The van der Waals surface area contributed by atoms with Crippen LogP contribution in [0.5, 0.6) is 0 Å². The van der Waals surface area contributed by atoms with Gasteiger partial charge in [0.05, 0.1) is 0 Å². The Morgan fingerprint density at radius 3 is 1.67 bits per heavy atom. The maximum atomic E-state index is 6.49.